The average Bonchev–Trinajstić information content (AvgIpc) is 3.04. The van der Waals surface area contributed by atoms with E-state index in [1.165, 1.54) is 12.1 Å². The van der Waals surface area contributed by atoms with E-state index in [4.69, 9.17) is 4.42 Å². The van der Waals surface area contributed by atoms with E-state index in [-0.39, 0.29) is 17.1 Å². The van der Waals surface area contributed by atoms with Crippen molar-refractivity contribution in [1.82, 2.24) is 10.3 Å². The number of benzene rings is 2. The number of fused-ring (bicyclic) bond motifs is 1. The van der Waals surface area contributed by atoms with E-state index in [1.54, 1.807) is 19.1 Å². The number of aromatic nitrogens is 1. The van der Waals surface area contributed by atoms with Crippen molar-refractivity contribution in [1.29, 1.82) is 0 Å². The van der Waals surface area contributed by atoms with Crippen LogP contribution in [-0.4, -0.2) is 16.9 Å². The zero-order valence-corrected chi connectivity index (χ0v) is 16.0. The summed E-state index contributed by atoms with van der Waals surface area (Å²) in [5.74, 6) is 0.243. The van der Waals surface area contributed by atoms with Gasteiger partial charge in [-0.25, -0.2) is 9.37 Å². The molecule has 1 heterocycles. The Bertz CT molecular complexity index is 942. The van der Waals surface area contributed by atoms with Crippen LogP contribution in [-0.2, 0) is 16.8 Å². The van der Waals surface area contributed by atoms with Crippen LogP contribution in [0.3, 0.4) is 0 Å². The summed E-state index contributed by atoms with van der Waals surface area (Å²) in [4.78, 5) is 16.8. The third-order valence-corrected chi connectivity index (χ3v) is 4.19. The van der Waals surface area contributed by atoms with Crippen molar-refractivity contribution in [2.75, 3.05) is 5.32 Å². The lowest BCUT2D eigenvalue weighted by molar-refractivity contribution is -0.121. The standard InChI is InChI=1S/C21H24FN3O2/c1-13(19(26)23-12-14-5-7-15(22)8-6-14)24-16-9-10-18-17(11-16)25-20(27-18)21(2,3)4/h5-11,13,24H,12H2,1-4H3,(H,23,26). The second-order valence-electron chi connectivity index (χ2n) is 7.66. The Hall–Kier alpha value is -2.89. The zero-order chi connectivity index (χ0) is 19.6. The molecule has 6 heteroatoms. The summed E-state index contributed by atoms with van der Waals surface area (Å²) in [6, 6.07) is 11.2. The topological polar surface area (TPSA) is 67.2 Å². The maximum atomic E-state index is 12.9. The van der Waals surface area contributed by atoms with Crippen LogP contribution in [0.15, 0.2) is 46.9 Å². The lowest BCUT2D eigenvalue weighted by Crippen LogP contribution is -2.37. The molecule has 0 bridgehead atoms. The van der Waals surface area contributed by atoms with Crippen molar-refractivity contribution >= 4 is 22.7 Å². The number of oxazole rings is 1. The highest BCUT2D eigenvalue weighted by molar-refractivity contribution is 5.85. The summed E-state index contributed by atoms with van der Waals surface area (Å²) in [7, 11) is 0. The van der Waals surface area contributed by atoms with Gasteiger partial charge < -0.3 is 15.1 Å². The Morgan fingerprint density at radius 2 is 1.89 bits per heavy atom. The molecule has 5 nitrogen and oxygen atoms in total. The lowest BCUT2D eigenvalue weighted by Gasteiger charge is -2.15. The Labute approximate surface area is 158 Å². The number of hydrogen-bond acceptors (Lipinski definition) is 4. The lowest BCUT2D eigenvalue weighted by atomic mass is 9.97. The highest BCUT2D eigenvalue weighted by Crippen LogP contribution is 2.27. The molecule has 1 atom stereocenters. The minimum absolute atomic E-state index is 0.144. The number of rotatable bonds is 5. The quantitative estimate of drug-likeness (QED) is 0.700. The van der Waals surface area contributed by atoms with Crippen LogP contribution in [0.1, 0.15) is 39.1 Å². The van der Waals surface area contributed by atoms with Crippen LogP contribution in [0.2, 0.25) is 0 Å². The predicted molar refractivity (Wildman–Crippen MR) is 104 cm³/mol. The molecule has 2 aromatic carbocycles. The summed E-state index contributed by atoms with van der Waals surface area (Å²) in [6.07, 6.45) is 0. The molecule has 0 fully saturated rings. The first-order valence-electron chi connectivity index (χ1n) is 8.92. The van der Waals surface area contributed by atoms with Crippen LogP contribution in [0.5, 0.6) is 0 Å². The fraction of sp³-hybridized carbons (Fsp3) is 0.333. The SMILES string of the molecule is CC(Nc1ccc2oc(C(C)(C)C)nc2c1)C(=O)NCc1ccc(F)cc1. The van der Waals surface area contributed by atoms with Crippen molar-refractivity contribution in [3.8, 4) is 0 Å². The van der Waals surface area contributed by atoms with E-state index in [0.29, 0.717) is 12.4 Å². The monoisotopic (exact) mass is 369 g/mol. The maximum absolute atomic E-state index is 12.9. The first-order valence-corrected chi connectivity index (χ1v) is 8.92. The molecule has 0 radical (unpaired) electrons. The Morgan fingerprint density at radius 1 is 1.19 bits per heavy atom. The molecule has 0 aliphatic heterocycles. The van der Waals surface area contributed by atoms with Gasteiger partial charge in [-0.1, -0.05) is 32.9 Å². The average molecular weight is 369 g/mol. The van der Waals surface area contributed by atoms with Gasteiger partial charge in [-0.05, 0) is 42.8 Å². The van der Waals surface area contributed by atoms with E-state index in [0.717, 1.165) is 22.4 Å². The summed E-state index contributed by atoms with van der Waals surface area (Å²) < 4.78 is 18.7. The number of carbonyl (C=O) groups is 1. The normalized spacial score (nSPS) is 12.8. The number of anilines is 1. The second-order valence-corrected chi connectivity index (χ2v) is 7.66. The van der Waals surface area contributed by atoms with Gasteiger partial charge in [0.05, 0.1) is 0 Å². The highest BCUT2D eigenvalue weighted by Gasteiger charge is 2.21. The molecule has 0 saturated carbocycles. The van der Waals surface area contributed by atoms with Gasteiger partial charge in [0, 0.05) is 17.6 Å². The minimum atomic E-state index is -0.433. The van der Waals surface area contributed by atoms with Crippen molar-refractivity contribution in [3.63, 3.8) is 0 Å². The molecule has 0 aliphatic carbocycles. The highest BCUT2D eigenvalue weighted by atomic mass is 19.1. The van der Waals surface area contributed by atoms with Crippen LogP contribution >= 0.6 is 0 Å². The van der Waals surface area contributed by atoms with Gasteiger partial charge in [0.2, 0.25) is 11.8 Å². The third kappa shape index (κ3) is 4.64. The predicted octanol–water partition coefficient (Wildman–Crippen LogP) is 4.38. The zero-order valence-electron chi connectivity index (χ0n) is 16.0. The van der Waals surface area contributed by atoms with Crippen LogP contribution in [0.25, 0.3) is 11.1 Å². The Morgan fingerprint density at radius 3 is 2.56 bits per heavy atom. The largest absolute Gasteiger partial charge is 0.440 e. The van der Waals surface area contributed by atoms with Gasteiger partial charge in [0.25, 0.3) is 0 Å². The number of amides is 1. The van der Waals surface area contributed by atoms with Crippen molar-refractivity contribution < 1.29 is 13.6 Å². The molecule has 0 aliphatic rings. The summed E-state index contributed by atoms with van der Waals surface area (Å²) in [5.41, 5.74) is 2.94. The second kappa shape index (κ2) is 7.39. The van der Waals surface area contributed by atoms with E-state index in [9.17, 15) is 9.18 Å². The Kier molecular flexibility index (Phi) is 5.17. The van der Waals surface area contributed by atoms with Gasteiger partial charge >= 0.3 is 0 Å². The number of nitrogens with one attached hydrogen (secondary N) is 2. The molecule has 0 spiro atoms. The number of carbonyl (C=O) groups excluding carboxylic acids is 1. The number of hydrogen-bond donors (Lipinski definition) is 2. The maximum Gasteiger partial charge on any atom is 0.242 e. The molecule has 1 amide bonds. The summed E-state index contributed by atoms with van der Waals surface area (Å²) >= 11 is 0. The Balaban J connectivity index is 1.63. The molecule has 1 aromatic heterocycles. The summed E-state index contributed by atoms with van der Waals surface area (Å²) in [6.45, 7) is 8.27. The molecule has 0 saturated heterocycles. The van der Waals surface area contributed by atoms with Crippen molar-refractivity contribution in [3.05, 3.63) is 59.7 Å². The fourth-order valence-corrected chi connectivity index (χ4v) is 2.60. The molecule has 2 N–H and O–H groups in total. The first kappa shape index (κ1) is 18.9. The molecule has 27 heavy (non-hydrogen) atoms. The smallest absolute Gasteiger partial charge is 0.242 e. The van der Waals surface area contributed by atoms with Gasteiger partial charge in [-0.2, -0.15) is 0 Å². The minimum Gasteiger partial charge on any atom is -0.440 e. The first-order chi connectivity index (χ1) is 12.7. The van der Waals surface area contributed by atoms with Crippen molar-refractivity contribution in [2.45, 2.75) is 45.7 Å². The van der Waals surface area contributed by atoms with E-state index < -0.39 is 6.04 Å². The molecule has 1 unspecified atom stereocenters. The van der Waals surface area contributed by atoms with Gasteiger partial charge in [-0.3, -0.25) is 4.79 Å². The van der Waals surface area contributed by atoms with Gasteiger partial charge in [0.1, 0.15) is 17.4 Å². The van der Waals surface area contributed by atoms with E-state index in [2.05, 4.69) is 15.6 Å². The summed E-state index contributed by atoms with van der Waals surface area (Å²) in [5, 5.41) is 6.02. The van der Waals surface area contributed by atoms with Crippen molar-refractivity contribution in [2.24, 2.45) is 0 Å². The van der Waals surface area contributed by atoms with Crippen LogP contribution in [0, 0.1) is 5.82 Å². The molecule has 142 valence electrons. The number of halogens is 1. The van der Waals surface area contributed by atoms with E-state index in [1.807, 2.05) is 39.0 Å². The van der Waals surface area contributed by atoms with Crippen LogP contribution in [0.4, 0.5) is 10.1 Å². The molecular weight excluding hydrogens is 345 g/mol. The number of nitrogens with zero attached hydrogens (tertiary/aromatic N) is 1. The van der Waals surface area contributed by atoms with Gasteiger partial charge in [0.15, 0.2) is 5.58 Å². The van der Waals surface area contributed by atoms with Crippen LogP contribution < -0.4 is 10.6 Å². The molecule has 3 rings (SSSR count). The molecular formula is C21H24FN3O2. The van der Waals surface area contributed by atoms with E-state index >= 15 is 0 Å². The third-order valence-electron chi connectivity index (χ3n) is 4.19. The van der Waals surface area contributed by atoms with Gasteiger partial charge in [-0.15, -0.1) is 0 Å². The fourth-order valence-electron chi connectivity index (χ4n) is 2.60. The molecule has 3 aromatic rings.